The minimum Gasteiger partial charge on any atom is -0.308 e. The molecule has 1 amide bonds. The summed E-state index contributed by atoms with van der Waals surface area (Å²) in [6, 6.07) is 14.1. The van der Waals surface area contributed by atoms with E-state index in [1.54, 1.807) is 4.90 Å². The number of rotatable bonds is 3. The topological polar surface area (TPSA) is 44.1 Å². The molecule has 3 rings (SSSR count). The van der Waals surface area contributed by atoms with E-state index in [-0.39, 0.29) is 5.91 Å². The quantitative estimate of drug-likeness (QED) is 0.847. The van der Waals surface area contributed by atoms with Crippen LogP contribution in [0.2, 0.25) is 0 Å². The van der Waals surface area contributed by atoms with Crippen LogP contribution in [0.5, 0.6) is 0 Å². The third kappa shape index (κ3) is 1.85. The molecule has 2 aromatic rings. The highest BCUT2D eigenvalue weighted by molar-refractivity contribution is 6.24. The molecule has 0 unspecified atom stereocenters. The van der Waals surface area contributed by atoms with Crippen LogP contribution in [0, 0.1) is 16.7 Å². The van der Waals surface area contributed by atoms with E-state index in [1.807, 2.05) is 50.2 Å². The van der Waals surface area contributed by atoms with Gasteiger partial charge < -0.3 is 4.90 Å². The molecular formula is C17H16N2O. The average Bonchev–Trinajstić information content (AvgIpc) is 2.73. The van der Waals surface area contributed by atoms with Crippen LogP contribution in [0.15, 0.2) is 36.4 Å². The molecule has 0 N–H and O–H groups in total. The Hall–Kier alpha value is -2.34. The predicted molar refractivity (Wildman–Crippen MR) is 79.6 cm³/mol. The van der Waals surface area contributed by atoms with Crippen LogP contribution in [-0.4, -0.2) is 12.5 Å². The van der Waals surface area contributed by atoms with Crippen molar-refractivity contribution in [3.8, 4) is 6.07 Å². The molecule has 100 valence electrons. The fourth-order valence-corrected chi connectivity index (χ4v) is 2.65. The zero-order chi connectivity index (χ0) is 14.3. The van der Waals surface area contributed by atoms with E-state index in [0.717, 1.165) is 22.0 Å². The predicted octanol–water partition coefficient (Wildman–Crippen LogP) is 3.74. The summed E-state index contributed by atoms with van der Waals surface area (Å²) >= 11 is 0. The Bertz CT molecular complexity index is 735. The summed E-state index contributed by atoms with van der Waals surface area (Å²) < 4.78 is 0. The molecule has 0 atom stereocenters. The minimum atomic E-state index is -0.414. The lowest BCUT2D eigenvalue weighted by Gasteiger charge is -2.22. The molecule has 3 heteroatoms. The standard InChI is InChI=1S/C17H16N2O/c1-17(2,11-18)9-10-19-14-8-4-6-12-5-3-7-13(15(12)14)16(19)20/h3-8H,9-10H2,1-2H3. The second-order valence-electron chi connectivity index (χ2n) is 5.88. The maximum Gasteiger partial charge on any atom is 0.258 e. The highest BCUT2D eigenvalue weighted by Crippen LogP contribution is 2.37. The first-order valence-electron chi connectivity index (χ1n) is 6.78. The number of carbonyl (C=O) groups is 1. The Balaban J connectivity index is 2.00. The lowest BCUT2D eigenvalue weighted by molar-refractivity contribution is 0.0991. The summed E-state index contributed by atoms with van der Waals surface area (Å²) in [6.45, 7) is 4.38. The van der Waals surface area contributed by atoms with Crippen LogP contribution >= 0.6 is 0 Å². The highest BCUT2D eigenvalue weighted by Gasteiger charge is 2.30. The van der Waals surface area contributed by atoms with E-state index >= 15 is 0 Å². The first kappa shape index (κ1) is 12.7. The van der Waals surface area contributed by atoms with Crippen LogP contribution < -0.4 is 4.90 Å². The van der Waals surface area contributed by atoms with E-state index in [9.17, 15) is 4.79 Å². The van der Waals surface area contributed by atoms with Crippen molar-refractivity contribution in [1.82, 2.24) is 0 Å². The van der Waals surface area contributed by atoms with Crippen molar-refractivity contribution in [3.05, 3.63) is 42.0 Å². The molecule has 0 radical (unpaired) electrons. The summed E-state index contributed by atoms with van der Waals surface area (Å²) in [5, 5.41) is 11.2. The number of anilines is 1. The summed E-state index contributed by atoms with van der Waals surface area (Å²) in [5.74, 6) is 0.0468. The van der Waals surface area contributed by atoms with Gasteiger partial charge in [0, 0.05) is 17.5 Å². The highest BCUT2D eigenvalue weighted by atomic mass is 16.2. The number of hydrogen-bond donors (Lipinski definition) is 0. The second-order valence-corrected chi connectivity index (χ2v) is 5.88. The van der Waals surface area contributed by atoms with Gasteiger partial charge in [-0.1, -0.05) is 24.3 Å². The molecule has 20 heavy (non-hydrogen) atoms. The fraction of sp³-hybridized carbons (Fsp3) is 0.294. The van der Waals surface area contributed by atoms with Gasteiger partial charge in [-0.15, -0.1) is 0 Å². The van der Waals surface area contributed by atoms with Crippen LogP contribution in [0.1, 0.15) is 30.6 Å². The molecule has 0 saturated carbocycles. The number of nitriles is 1. The largest absolute Gasteiger partial charge is 0.308 e. The SMILES string of the molecule is CC(C)(C#N)CCN1C(=O)c2cccc3cccc1c23. The molecule has 0 aliphatic carbocycles. The number of benzene rings is 2. The van der Waals surface area contributed by atoms with Crippen molar-refractivity contribution in [2.75, 3.05) is 11.4 Å². The first-order chi connectivity index (χ1) is 9.53. The van der Waals surface area contributed by atoms with Gasteiger partial charge in [0.2, 0.25) is 0 Å². The second kappa shape index (κ2) is 4.35. The number of carbonyl (C=O) groups excluding carboxylic acids is 1. The van der Waals surface area contributed by atoms with E-state index in [0.29, 0.717) is 13.0 Å². The molecule has 1 aliphatic rings. The van der Waals surface area contributed by atoms with Crippen molar-refractivity contribution in [3.63, 3.8) is 0 Å². The lowest BCUT2D eigenvalue weighted by Crippen LogP contribution is -2.30. The molecule has 1 aliphatic heterocycles. The third-order valence-electron chi connectivity index (χ3n) is 3.91. The summed E-state index contributed by atoms with van der Waals surface area (Å²) in [5.41, 5.74) is 1.33. The smallest absolute Gasteiger partial charge is 0.258 e. The van der Waals surface area contributed by atoms with E-state index < -0.39 is 5.41 Å². The van der Waals surface area contributed by atoms with Gasteiger partial charge >= 0.3 is 0 Å². The molecule has 1 heterocycles. The summed E-state index contributed by atoms with van der Waals surface area (Å²) in [4.78, 5) is 14.3. The van der Waals surface area contributed by atoms with Crippen molar-refractivity contribution in [2.24, 2.45) is 5.41 Å². The van der Waals surface area contributed by atoms with Crippen LogP contribution in [0.25, 0.3) is 10.8 Å². The van der Waals surface area contributed by atoms with Crippen LogP contribution in [-0.2, 0) is 0 Å². The van der Waals surface area contributed by atoms with Gasteiger partial charge in [0.15, 0.2) is 0 Å². The first-order valence-corrected chi connectivity index (χ1v) is 6.78. The molecule has 3 nitrogen and oxygen atoms in total. The third-order valence-corrected chi connectivity index (χ3v) is 3.91. The Morgan fingerprint density at radius 3 is 2.60 bits per heavy atom. The van der Waals surface area contributed by atoms with Crippen LogP contribution in [0.3, 0.4) is 0 Å². The molecular weight excluding hydrogens is 248 g/mol. The van der Waals surface area contributed by atoms with Crippen molar-refractivity contribution in [1.29, 1.82) is 5.26 Å². The lowest BCUT2D eigenvalue weighted by atomic mass is 9.91. The zero-order valence-corrected chi connectivity index (χ0v) is 11.7. The van der Waals surface area contributed by atoms with Crippen molar-refractivity contribution < 1.29 is 4.79 Å². The Labute approximate surface area is 118 Å². The molecule has 0 bridgehead atoms. The van der Waals surface area contributed by atoms with Crippen molar-refractivity contribution in [2.45, 2.75) is 20.3 Å². The number of nitrogens with zero attached hydrogens (tertiary/aromatic N) is 2. The summed E-state index contributed by atoms with van der Waals surface area (Å²) in [6.07, 6.45) is 0.666. The number of amides is 1. The molecule has 0 spiro atoms. The minimum absolute atomic E-state index is 0.0468. The molecule has 2 aromatic carbocycles. The van der Waals surface area contributed by atoms with Gasteiger partial charge in [0.05, 0.1) is 17.2 Å². The Morgan fingerprint density at radius 1 is 1.20 bits per heavy atom. The van der Waals surface area contributed by atoms with Gasteiger partial charge in [-0.25, -0.2) is 0 Å². The van der Waals surface area contributed by atoms with Gasteiger partial charge in [-0.3, -0.25) is 4.79 Å². The van der Waals surface area contributed by atoms with Gasteiger partial charge in [0.1, 0.15) is 0 Å². The zero-order valence-electron chi connectivity index (χ0n) is 11.7. The van der Waals surface area contributed by atoms with Gasteiger partial charge in [-0.05, 0) is 37.8 Å². The number of hydrogen-bond acceptors (Lipinski definition) is 2. The van der Waals surface area contributed by atoms with E-state index in [2.05, 4.69) is 6.07 Å². The average molecular weight is 264 g/mol. The van der Waals surface area contributed by atoms with Gasteiger partial charge in [0.25, 0.3) is 5.91 Å². The summed E-state index contributed by atoms with van der Waals surface area (Å²) in [7, 11) is 0. The fourth-order valence-electron chi connectivity index (χ4n) is 2.65. The maximum absolute atomic E-state index is 12.5. The van der Waals surface area contributed by atoms with Crippen LogP contribution in [0.4, 0.5) is 5.69 Å². The maximum atomic E-state index is 12.5. The molecule has 0 fully saturated rings. The Morgan fingerprint density at radius 2 is 1.90 bits per heavy atom. The monoisotopic (exact) mass is 264 g/mol. The van der Waals surface area contributed by atoms with E-state index in [4.69, 9.17) is 5.26 Å². The molecule has 0 saturated heterocycles. The molecule has 0 aromatic heterocycles. The van der Waals surface area contributed by atoms with E-state index in [1.165, 1.54) is 0 Å². The van der Waals surface area contributed by atoms with Crippen molar-refractivity contribution >= 4 is 22.4 Å². The van der Waals surface area contributed by atoms with Gasteiger partial charge in [-0.2, -0.15) is 5.26 Å². The Kier molecular flexibility index (Phi) is 2.76. The normalized spacial score (nSPS) is 13.8.